The van der Waals surface area contributed by atoms with Crippen LogP contribution in [0.3, 0.4) is 0 Å². The predicted molar refractivity (Wildman–Crippen MR) is 81.8 cm³/mol. The van der Waals surface area contributed by atoms with Gasteiger partial charge in [-0.15, -0.1) is 0 Å². The molecule has 2 aromatic heterocycles. The quantitative estimate of drug-likeness (QED) is 0.504. The van der Waals surface area contributed by atoms with Crippen molar-refractivity contribution in [2.24, 2.45) is 0 Å². The molecule has 4 aromatic rings. The second-order valence-corrected chi connectivity index (χ2v) is 6.62. The van der Waals surface area contributed by atoms with Crippen molar-refractivity contribution in [2.75, 3.05) is 0 Å². The number of fused-ring (bicyclic) bond motifs is 2. The number of rotatable bonds is 1. The Morgan fingerprint density at radius 3 is 2.60 bits per heavy atom. The van der Waals surface area contributed by atoms with E-state index in [1.54, 1.807) is 3.56 Å². The third-order valence-corrected chi connectivity index (χ3v) is 5.57. The van der Waals surface area contributed by atoms with E-state index in [9.17, 15) is 4.79 Å². The summed E-state index contributed by atoms with van der Waals surface area (Å²) in [5, 5.41) is 1.90. The number of aromatic nitrogens is 2. The second kappa shape index (κ2) is 4.44. The summed E-state index contributed by atoms with van der Waals surface area (Å²) < 4.78 is 2.92. The first-order valence-corrected chi connectivity index (χ1v) is 7.92. The number of hydrogen-bond acceptors (Lipinski definition) is 2. The van der Waals surface area contributed by atoms with Gasteiger partial charge in [0, 0.05) is 0 Å². The van der Waals surface area contributed by atoms with Crippen molar-refractivity contribution in [3.05, 3.63) is 71.0 Å². The number of benzene rings is 2. The van der Waals surface area contributed by atoms with E-state index in [4.69, 9.17) is 0 Å². The summed E-state index contributed by atoms with van der Waals surface area (Å²) in [6.07, 6.45) is 0. The van der Waals surface area contributed by atoms with Gasteiger partial charge in [0.25, 0.3) is 0 Å². The zero-order valence-corrected chi connectivity index (χ0v) is 12.2. The van der Waals surface area contributed by atoms with Crippen LogP contribution >= 0.6 is 0 Å². The number of nitrogens with zero attached hydrogens (tertiary/aromatic N) is 2. The van der Waals surface area contributed by atoms with Gasteiger partial charge in [-0.2, -0.15) is 0 Å². The maximum atomic E-state index is 12.4. The molecule has 4 rings (SSSR count). The van der Waals surface area contributed by atoms with E-state index in [0.717, 1.165) is 26.4 Å². The molecule has 4 heteroatoms. The molecule has 3 nitrogen and oxygen atoms in total. The van der Waals surface area contributed by atoms with E-state index in [2.05, 4.69) is 4.98 Å². The minimum atomic E-state index is -0.0247. The first kappa shape index (κ1) is 11.6. The third kappa shape index (κ3) is 1.73. The van der Waals surface area contributed by atoms with Crippen LogP contribution in [0.5, 0.6) is 0 Å². The zero-order chi connectivity index (χ0) is 13.5. The van der Waals surface area contributed by atoms with Crippen LogP contribution < -0.4 is 5.56 Å². The SMILES string of the molecule is O=c1c2ccccc2[se]n1-c1ccc2ccccc2n1. The van der Waals surface area contributed by atoms with E-state index in [1.807, 2.05) is 60.7 Å². The Morgan fingerprint density at radius 1 is 0.900 bits per heavy atom. The van der Waals surface area contributed by atoms with Crippen molar-refractivity contribution in [3.8, 4) is 5.82 Å². The van der Waals surface area contributed by atoms with Gasteiger partial charge in [-0.05, 0) is 0 Å². The molecule has 0 aliphatic heterocycles. The van der Waals surface area contributed by atoms with Crippen LogP contribution in [0, 0.1) is 0 Å². The van der Waals surface area contributed by atoms with E-state index < -0.39 is 0 Å². The van der Waals surface area contributed by atoms with Gasteiger partial charge in [0.2, 0.25) is 0 Å². The van der Waals surface area contributed by atoms with Crippen molar-refractivity contribution in [3.63, 3.8) is 0 Å². The van der Waals surface area contributed by atoms with Crippen LogP contribution in [0.15, 0.2) is 65.5 Å². The van der Waals surface area contributed by atoms with Crippen LogP contribution in [0.4, 0.5) is 0 Å². The van der Waals surface area contributed by atoms with Gasteiger partial charge in [-0.25, -0.2) is 0 Å². The fraction of sp³-hybridized carbons (Fsp3) is 0. The summed E-state index contributed by atoms with van der Waals surface area (Å²) in [6, 6.07) is 19.7. The molecule has 96 valence electrons. The van der Waals surface area contributed by atoms with Gasteiger partial charge in [0.05, 0.1) is 0 Å². The van der Waals surface area contributed by atoms with Crippen LogP contribution in [-0.4, -0.2) is 23.3 Å². The van der Waals surface area contributed by atoms with Gasteiger partial charge < -0.3 is 0 Å². The van der Waals surface area contributed by atoms with Crippen molar-refractivity contribution >= 4 is 35.3 Å². The molecule has 0 saturated heterocycles. The van der Waals surface area contributed by atoms with Gasteiger partial charge in [0.1, 0.15) is 0 Å². The standard InChI is InChI=1S/C16H10N2OSe/c19-16-12-6-2-4-8-14(12)20-18(16)15-10-9-11-5-1-3-7-13(11)17-15/h1-10H. The predicted octanol–water partition coefficient (Wildman–Crippen LogP) is 2.60. The van der Waals surface area contributed by atoms with Crippen molar-refractivity contribution in [1.82, 2.24) is 8.55 Å². The molecule has 0 amide bonds. The van der Waals surface area contributed by atoms with E-state index in [1.165, 1.54) is 0 Å². The first-order valence-electron chi connectivity index (χ1n) is 6.30. The van der Waals surface area contributed by atoms with Crippen LogP contribution in [-0.2, 0) is 0 Å². The minimum absolute atomic E-state index is 0.0247. The molecule has 0 atom stereocenters. The molecular weight excluding hydrogens is 315 g/mol. The fourth-order valence-electron chi connectivity index (χ4n) is 2.29. The Kier molecular flexibility index (Phi) is 2.59. The summed E-state index contributed by atoms with van der Waals surface area (Å²) in [5.41, 5.74) is 0.980. The molecule has 2 heterocycles. The molecule has 0 unspecified atom stereocenters. The molecule has 0 aliphatic carbocycles. The summed E-state index contributed by atoms with van der Waals surface area (Å²) in [7, 11) is 0. The molecule has 0 radical (unpaired) electrons. The Hall–Kier alpha value is -2.16. The molecular formula is C16H10N2OSe. The van der Waals surface area contributed by atoms with E-state index in [0.29, 0.717) is 0 Å². The Bertz CT molecular complexity index is 984. The van der Waals surface area contributed by atoms with Gasteiger partial charge in [-0.1, -0.05) is 0 Å². The van der Waals surface area contributed by atoms with Crippen LogP contribution in [0.2, 0.25) is 0 Å². The molecule has 0 bridgehead atoms. The Labute approximate surface area is 121 Å². The molecule has 0 saturated carbocycles. The normalized spacial score (nSPS) is 11.2. The monoisotopic (exact) mass is 326 g/mol. The Balaban J connectivity index is 2.01. The number of para-hydroxylation sites is 1. The average molecular weight is 325 g/mol. The van der Waals surface area contributed by atoms with Crippen molar-refractivity contribution < 1.29 is 0 Å². The van der Waals surface area contributed by atoms with E-state index in [-0.39, 0.29) is 20.3 Å². The topological polar surface area (TPSA) is 34.9 Å². The number of hydrogen-bond donors (Lipinski definition) is 0. The van der Waals surface area contributed by atoms with Crippen molar-refractivity contribution in [2.45, 2.75) is 0 Å². The van der Waals surface area contributed by atoms with E-state index >= 15 is 0 Å². The molecule has 20 heavy (non-hydrogen) atoms. The summed E-state index contributed by atoms with van der Waals surface area (Å²) in [6.45, 7) is 0. The average Bonchev–Trinajstić information content (AvgIpc) is 2.84. The molecule has 0 aliphatic rings. The molecule has 0 fully saturated rings. The maximum absolute atomic E-state index is 12.4. The number of pyridine rings is 1. The summed E-state index contributed by atoms with van der Waals surface area (Å²) in [4.78, 5) is 17.0. The third-order valence-electron chi connectivity index (χ3n) is 3.28. The Morgan fingerprint density at radius 2 is 1.70 bits per heavy atom. The van der Waals surface area contributed by atoms with Gasteiger partial charge in [-0.3, -0.25) is 0 Å². The second-order valence-electron chi connectivity index (χ2n) is 4.55. The van der Waals surface area contributed by atoms with Crippen molar-refractivity contribution in [1.29, 1.82) is 0 Å². The molecule has 2 aromatic carbocycles. The van der Waals surface area contributed by atoms with Gasteiger partial charge >= 0.3 is 121 Å². The molecule has 0 spiro atoms. The van der Waals surface area contributed by atoms with Gasteiger partial charge in [0.15, 0.2) is 0 Å². The van der Waals surface area contributed by atoms with Crippen LogP contribution in [0.25, 0.3) is 26.4 Å². The first-order chi connectivity index (χ1) is 9.83. The zero-order valence-electron chi connectivity index (χ0n) is 10.5. The molecule has 0 N–H and O–H groups in total. The van der Waals surface area contributed by atoms with Crippen LogP contribution in [0.1, 0.15) is 0 Å². The summed E-state index contributed by atoms with van der Waals surface area (Å²) in [5.74, 6) is 0.741. The summed E-state index contributed by atoms with van der Waals surface area (Å²) >= 11 is -0.0247. The fourth-order valence-corrected chi connectivity index (χ4v) is 4.32.